The molecule has 0 saturated carbocycles. The SMILES string of the molecule is Nc1cc(-c2ccc([N+](=O)[O-])o2)nn1CCO. The summed E-state index contributed by atoms with van der Waals surface area (Å²) in [6.45, 7) is 0.165. The zero-order chi connectivity index (χ0) is 12.4. The zero-order valence-electron chi connectivity index (χ0n) is 8.74. The number of hydrogen-bond acceptors (Lipinski definition) is 6. The van der Waals surface area contributed by atoms with Crippen LogP contribution in [0.2, 0.25) is 0 Å². The number of nitrogens with zero attached hydrogens (tertiary/aromatic N) is 3. The number of nitrogens with two attached hydrogens (primary N) is 1. The van der Waals surface area contributed by atoms with Gasteiger partial charge in [0.2, 0.25) is 0 Å². The standard InChI is InChI=1S/C9H10N4O4/c10-8-5-6(11-12(8)3-4-14)7-1-2-9(17-7)13(15)16/h1-2,5,14H,3-4,10H2. The molecule has 0 aromatic carbocycles. The Labute approximate surface area is 95.4 Å². The van der Waals surface area contributed by atoms with Crippen molar-refractivity contribution in [1.29, 1.82) is 0 Å². The van der Waals surface area contributed by atoms with E-state index in [1.165, 1.54) is 22.9 Å². The number of anilines is 1. The quantitative estimate of drug-likeness (QED) is 0.595. The van der Waals surface area contributed by atoms with E-state index in [0.717, 1.165) is 0 Å². The number of nitro groups is 1. The van der Waals surface area contributed by atoms with E-state index < -0.39 is 4.92 Å². The Kier molecular flexibility index (Phi) is 2.79. The maximum Gasteiger partial charge on any atom is 0.433 e. The Bertz CT molecular complexity index is 545. The highest BCUT2D eigenvalue weighted by molar-refractivity contribution is 5.57. The minimum absolute atomic E-state index is 0.0936. The molecule has 8 heteroatoms. The van der Waals surface area contributed by atoms with Crippen LogP contribution in [-0.4, -0.2) is 26.4 Å². The van der Waals surface area contributed by atoms with Gasteiger partial charge in [0.25, 0.3) is 0 Å². The molecule has 90 valence electrons. The van der Waals surface area contributed by atoms with Gasteiger partial charge in [-0.2, -0.15) is 5.10 Å². The number of aromatic nitrogens is 2. The lowest BCUT2D eigenvalue weighted by Gasteiger charge is -1.98. The van der Waals surface area contributed by atoms with Gasteiger partial charge in [0.15, 0.2) is 5.76 Å². The van der Waals surface area contributed by atoms with E-state index >= 15 is 0 Å². The Hall–Kier alpha value is -2.35. The lowest BCUT2D eigenvalue weighted by Crippen LogP contribution is -2.07. The molecule has 0 bridgehead atoms. The minimum atomic E-state index is -0.627. The van der Waals surface area contributed by atoms with Gasteiger partial charge in [-0.25, -0.2) is 4.68 Å². The van der Waals surface area contributed by atoms with E-state index in [-0.39, 0.29) is 24.8 Å². The molecule has 2 aromatic heterocycles. The van der Waals surface area contributed by atoms with Gasteiger partial charge in [-0.1, -0.05) is 0 Å². The van der Waals surface area contributed by atoms with Gasteiger partial charge >= 0.3 is 5.88 Å². The lowest BCUT2D eigenvalue weighted by atomic mass is 10.3. The average Bonchev–Trinajstić information content (AvgIpc) is 2.86. The first-order valence-electron chi connectivity index (χ1n) is 4.80. The second kappa shape index (κ2) is 4.26. The van der Waals surface area contributed by atoms with Crippen molar-refractivity contribution in [2.24, 2.45) is 0 Å². The summed E-state index contributed by atoms with van der Waals surface area (Å²) in [6, 6.07) is 4.22. The van der Waals surface area contributed by atoms with Gasteiger partial charge in [-0.15, -0.1) is 0 Å². The van der Waals surface area contributed by atoms with Crippen molar-refractivity contribution in [3.05, 3.63) is 28.3 Å². The monoisotopic (exact) mass is 238 g/mol. The molecular weight excluding hydrogens is 228 g/mol. The molecule has 0 atom stereocenters. The smallest absolute Gasteiger partial charge is 0.399 e. The number of furan rings is 1. The summed E-state index contributed by atoms with van der Waals surface area (Å²) in [7, 11) is 0. The Balaban J connectivity index is 2.32. The summed E-state index contributed by atoms with van der Waals surface area (Å²) in [5.41, 5.74) is 6.04. The number of aliphatic hydroxyl groups excluding tert-OH is 1. The van der Waals surface area contributed by atoms with E-state index in [1.54, 1.807) is 0 Å². The van der Waals surface area contributed by atoms with Gasteiger partial charge in [0.1, 0.15) is 16.4 Å². The Morgan fingerprint density at radius 3 is 2.94 bits per heavy atom. The molecule has 0 amide bonds. The fraction of sp³-hybridized carbons (Fsp3) is 0.222. The van der Waals surface area contributed by atoms with Crippen LogP contribution in [0.5, 0.6) is 0 Å². The lowest BCUT2D eigenvalue weighted by molar-refractivity contribution is -0.401. The largest absolute Gasteiger partial charge is 0.433 e. The van der Waals surface area contributed by atoms with E-state index in [1.807, 2.05) is 0 Å². The molecule has 0 radical (unpaired) electrons. The normalized spacial score (nSPS) is 10.6. The van der Waals surface area contributed by atoms with Crippen LogP contribution in [0.15, 0.2) is 22.6 Å². The van der Waals surface area contributed by atoms with E-state index in [0.29, 0.717) is 11.5 Å². The molecule has 0 spiro atoms. The van der Waals surface area contributed by atoms with Gasteiger partial charge in [-0.05, 0) is 6.07 Å². The third kappa shape index (κ3) is 2.11. The fourth-order valence-electron chi connectivity index (χ4n) is 1.39. The molecule has 8 nitrogen and oxygen atoms in total. The molecule has 2 rings (SSSR count). The molecule has 0 saturated heterocycles. The van der Waals surface area contributed by atoms with Crippen molar-refractivity contribution in [2.45, 2.75) is 6.54 Å². The van der Waals surface area contributed by atoms with Crippen LogP contribution in [-0.2, 0) is 6.54 Å². The van der Waals surface area contributed by atoms with Crippen LogP contribution in [0.1, 0.15) is 0 Å². The summed E-state index contributed by atoms with van der Waals surface area (Å²) in [5.74, 6) is 0.267. The van der Waals surface area contributed by atoms with Crippen LogP contribution >= 0.6 is 0 Å². The van der Waals surface area contributed by atoms with Crippen molar-refractivity contribution in [2.75, 3.05) is 12.3 Å². The topological polar surface area (TPSA) is 120 Å². The first kappa shape index (κ1) is 11.1. The molecule has 2 aromatic rings. The molecule has 0 fully saturated rings. The van der Waals surface area contributed by atoms with Crippen molar-refractivity contribution < 1.29 is 14.4 Å². The summed E-state index contributed by atoms with van der Waals surface area (Å²) in [6.07, 6.45) is 0. The average molecular weight is 238 g/mol. The summed E-state index contributed by atoms with van der Waals surface area (Å²) >= 11 is 0. The second-order valence-electron chi connectivity index (χ2n) is 3.30. The third-order valence-electron chi connectivity index (χ3n) is 2.15. The third-order valence-corrected chi connectivity index (χ3v) is 2.15. The first-order chi connectivity index (χ1) is 8.11. The molecule has 3 N–H and O–H groups in total. The number of aliphatic hydroxyl groups is 1. The molecule has 0 unspecified atom stereocenters. The van der Waals surface area contributed by atoms with Gasteiger partial charge in [0.05, 0.1) is 19.2 Å². The van der Waals surface area contributed by atoms with Crippen LogP contribution in [0, 0.1) is 10.1 Å². The highest BCUT2D eigenvalue weighted by Gasteiger charge is 2.16. The van der Waals surface area contributed by atoms with Crippen LogP contribution in [0.25, 0.3) is 11.5 Å². The molecular formula is C9H10N4O4. The van der Waals surface area contributed by atoms with Crippen LogP contribution < -0.4 is 5.73 Å². The zero-order valence-corrected chi connectivity index (χ0v) is 8.74. The second-order valence-corrected chi connectivity index (χ2v) is 3.30. The molecule has 17 heavy (non-hydrogen) atoms. The highest BCUT2D eigenvalue weighted by atomic mass is 16.6. The number of hydrogen-bond donors (Lipinski definition) is 2. The van der Waals surface area contributed by atoms with E-state index in [9.17, 15) is 10.1 Å². The minimum Gasteiger partial charge on any atom is -0.399 e. The Morgan fingerprint density at radius 2 is 2.35 bits per heavy atom. The molecule has 0 aliphatic rings. The number of nitrogen functional groups attached to an aromatic ring is 1. The molecule has 2 heterocycles. The van der Waals surface area contributed by atoms with Gasteiger partial charge < -0.3 is 15.3 Å². The highest BCUT2D eigenvalue weighted by Crippen LogP contribution is 2.26. The maximum atomic E-state index is 10.4. The van der Waals surface area contributed by atoms with Gasteiger partial charge in [-0.3, -0.25) is 10.1 Å². The van der Waals surface area contributed by atoms with E-state index in [4.69, 9.17) is 15.3 Å². The summed E-state index contributed by atoms with van der Waals surface area (Å²) < 4.78 is 6.38. The summed E-state index contributed by atoms with van der Waals surface area (Å²) in [4.78, 5) is 9.82. The van der Waals surface area contributed by atoms with Crippen molar-refractivity contribution >= 4 is 11.7 Å². The van der Waals surface area contributed by atoms with Crippen LogP contribution in [0.3, 0.4) is 0 Å². The Morgan fingerprint density at radius 1 is 1.59 bits per heavy atom. The van der Waals surface area contributed by atoms with Crippen LogP contribution in [0.4, 0.5) is 11.7 Å². The molecule has 0 aliphatic heterocycles. The van der Waals surface area contributed by atoms with E-state index in [2.05, 4.69) is 5.10 Å². The predicted molar refractivity (Wildman–Crippen MR) is 58.1 cm³/mol. The van der Waals surface area contributed by atoms with Crippen molar-refractivity contribution in [3.63, 3.8) is 0 Å². The fourth-order valence-corrected chi connectivity index (χ4v) is 1.39. The number of rotatable bonds is 4. The first-order valence-corrected chi connectivity index (χ1v) is 4.80. The summed E-state index contributed by atoms with van der Waals surface area (Å²) in [5, 5.41) is 23.3. The molecule has 0 aliphatic carbocycles. The maximum absolute atomic E-state index is 10.4. The van der Waals surface area contributed by atoms with Crippen molar-refractivity contribution in [3.8, 4) is 11.5 Å². The van der Waals surface area contributed by atoms with Gasteiger partial charge in [0, 0.05) is 6.07 Å². The predicted octanol–water partition coefficient (Wildman–Crippen LogP) is 0.626. The van der Waals surface area contributed by atoms with Crippen molar-refractivity contribution in [1.82, 2.24) is 9.78 Å².